The molecule has 1 saturated carbocycles. The SMILES string of the molecule is CCNc1nc(C2CCC(C)CC2)nc(C(C)C)c1Br. The van der Waals surface area contributed by atoms with Gasteiger partial charge in [0.05, 0.1) is 10.2 Å². The van der Waals surface area contributed by atoms with Crippen molar-refractivity contribution in [3.05, 3.63) is 16.0 Å². The average molecular weight is 340 g/mol. The van der Waals surface area contributed by atoms with Gasteiger partial charge >= 0.3 is 0 Å². The van der Waals surface area contributed by atoms with Crippen LogP contribution in [-0.2, 0) is 0 Å². The topological polar surface area (TPSA) is 37.8 Å². The van der Waals surface area contributed by atoms with Crippen molar-refractivity contribution in [2.75, 3.05) is 11.9 Å². The molecule has 0 bridgehead atoms. The minimum Gasteiger partial charge on any atom is -0.369 e. The van der Waals surface area contributed by atoms with Gasteiger partial charge in [0.25, 0.3) is 0 Å². The molecule has 1 N–H and O–H groups in total. The summed E-state index contributed by atoms with van der Waals surface area (Å²) < 4.78 is 1.03. The Bertz CT molecular complexity index is 451. The van der Waals surface area contributed by atoms with Gasteiger partial charge in [-0.25, -0.2) is 9.97 Å². The lowest BCUT2D eigenvalue weighted by molar-refractivity contribution is 0.339. The third kappa shape index (κ3) is 3.51. The molecule has 0 saturated heterocycles. The molecule has 0 spiro atoms. The van der Waals surface area contributed by atoms with Crippen LogP contribution in [0.25, 0.3) is 0 Å². The fourth-order valence-corrected chi connectivity index (χ4v) is 3.63. The third-order valence-corrected chi connectivity index (χ3v) is 4.95. The first-order chi connectivity index (χ1) is 9.52. The minimum absolute atomic E-state index is 0.408. The lowest BCUT2D eigenvalue weighted by Gasteiger charge is -2.26. The summed E-state index contributed by atoms with van der Waals surface area (Å²) in [4.78, 5) is 9.65. The Labute approximate surface area is 131 Å². The Morgan fingerprint density at radius 1 is 1.20 bits per heavy atom. The molecule has 0 radical (unpaired) electrons. The molecule has 1 aliphatic rings. The van der Waals surface area contributed by atoms with Gasteiger partial charge in [-0.2, -0.15) is 0 Å². The van der Waals surface area contributed by atoms with Gasteiger partial charge in [0.2, 0.25) is 0 Å². The number of halogens is 1. The van der Waals surface area contributed by atoms with E-state index in [2.05, 4.69) is 48.9 Å². The molecule has 0 aromatic carbocycles. The zero-order valence-electron chi connectivity index (χ0n) is 13.0. The molecular weight excluding hydrogens is 314 g/mol. The number of nitrogens with zero attached hydrogens (tertiary/aromatic N) is 2. The average Bonchev–Trinajstić information content (AvgIpc) is 2.42. The summed E-state index contributed by atoms with van der Waals surface area (Å²) in [5, 5.41) is 3.36. The summed E-state index contributed by atoms with van der Waals surface area (Å²) in [5.41, 5.74) is 1.13. The van der Waals surface area contributed by atoms with E-state index < -0.39 is 0 Å². The van der Waals surface area contributed by atoms with Gasteiger partial charge in [0, 0.05) is 12.5 Å². The lowest BCUT2D eigenvalue weighted by atomic mass is 9.82. The monoisotopic (exact) mass is 339 g/mol. The highest BCUT2D eigenvalue weighted by atomic mass is 79.9. The second-order valence-corrected chi connectivity index (χ2v) is 7.06. The van der Waals surface area contributed by atoms with Crippen LogP contribution >= 0.6 is 15.9 Å². The van der Waals surface area contributed by atoms with Gasteiger partial charge in [-0.3, -0.25) is 0 Å². The zero-order valence-corrected chi connectivity index (χ0v) is 14.6. The number of rotatable bonds is 4. The Morgan fingerprint density at radius 3 is 2.40 bits per heavy atom. The zero-order chi connectivity index (χ0) is 14.7. The minimum atomic E-state index is 0.408. The Hall–Kier alpha value is -0.640. The van der Waals surface area contributed by atoms with Crippen LogP contribution in [0.3, 0.4) is 0 Å². The smallest absolute Gasteiger partial charge is 0.144 e. The molecule has 3 nitrogen and oxygen atoms in total. The highest BCUT2D eigenvalue weighted by molar-refractivity contribution is 9.10. The van der Waals surface area contributed by atoms with Crippen LogP contribution in [0.5, 0.6) is 0 Å². The van der Waals surface area contributed by atoms with Crippen LogP contribution in [0.1, 0.15) is 76.7 Å². The molecule has 0 amide bonds. The quantitative estimate of drug-likeness (QED) is 0.830. The molecule has 2 rings (SSSR count). The summed E-state index contributed by atoms with van der Waals surface area (Å²) in [6.45, 7) is 9.72. The summed E-state index contributed by atoms with van der Waals surface area (Å²) >= 11 is 3.66. The summed E-state index contributed by atoms with van der Waals surface area (Å²) in [5.74, 6) is 3.80. The van der Waals surface area contributed by atoms with Crippen molar-refractivity contribution in [2.24, 2.45) is 5.92 Å². The lowest BCUT2D eigenvalue weighted by Crippen LogP contribution is -2.16. The molecule has 1 heterocycles. The fourth-order valence-electron chi connectivity index (χ4n) is 2.85. The molecule has 0 unspecified atom stereocenters. The van der Waals surface area contributed by atoms with Gasteiger partial charge in [-0.1, -0.05) is 33.6 Å². The molecule has 1 fully saturated rings. The Morgan fingerprint density at radius 2 is 1.85 bits per heavy atom. The van der Waals surface area contributed by atoms with Gasteiger partial charge in [0.1, 0.15) is 11.6 Å². The van der Waals surface area contributed by atoms with Gasteiger partial charge in [-0.05, 0) is 47.5 Å². The number of nitrogens with one attached hydrogen (secondary N) is 1. The largest absolute Gasteiger partial charge is 0.369 e. The molecule has 112 valence electrons. The first-order valence-corrected chi connectivity index (χ1v) is 8.63. The normalized spacial score (nSPS) is 23.1. The first kappa shape index (κ1) is 15.7. The third-order valence-electron chi connectivity index (χ3n) is 4.17. The molecule has 1 aromatic rings. The first-order valence-electron chi connectivity index (χ1n) is 7.84. The van der Waals surface area contributed by atoms with Crippen molar-refractivity contribution in [1.82, 2.24) is 9.97 Å². The van der Waals surface area contributed by atoms with Crippen LogP contribution < -0.4 is 5.32 Å². The maximum absolute atomic E-state index is 4.87. The van der Waals surface area contributed by atoms with E-state index in [1.165, 1.54) is 25.7 Å². The molecule has 1 aliphatic carbocycles. The fraction of sp³-hybridized carbons (Fsp3) is 0.750. The van der Waals surface area contributed by atoms with Crippen molar-refractivity contribution < 1.29 is 0 Å². The Balaban J connectivity index is 2.32. The number of aromatic nitrogens is 2. The molecule has 0 atom stereocenters. The molecular formula is C16H26BrN3. The molecule has 0 aliphatic heterocycles. The standard InChI is InChI=1S/C16H26BrN3/c1-5-18-16-13(17)14(10(2)3)19-15(20-16)12-8-6-11(4)7-9-12/h10-12H,5-9H2,1-4H3,(H,18,19,20). The van der Waals surface area contributed by atoms with Crippen LogP contribution in [0.4, 0.5) is 5.82 Å². The predicted molar refractivity (Wildman–Crippen MR) is 88.4 cm³/mol. The van der Waals surface area contributed by atoms with Crippen molar-refractivity contribution in [2.45, 2.75) is 65.2 Å². The summed E-state index contributed by atoms with van der Waals surface area (Å²) in [6.07, 6.45) is 5.06. The highest BCUT2D eigenvalue weighted by Gasteiger charge is 2.24. The van der Waals surface area contributed by atoms with E-state index in [9.17, 15) is 0 Å². The van der Waals surface area contributed by atoms with Gasteiger partial charge in [-0.15, -0.1) is 0 Å². The van der Waals surface area contributed by atoms with Crippen LogP contribution in [0, 0.1) is 5.92 Å². The van der Waals surface area contributed by atoms with E-state index in [1.54, 1.807) is 0 Å². The Kier molecular flexibility index (Phi) is 5.42. The van der Waals surface area contributed by atoms with E-state index in [0.717, 1.165) is 34.3 Å². The number of anilines is 1. The van der Waals surface area contributed by atoms with E-state index in [1.807, 2.05) is 0 Å². The number of hydrogen-bond donors (Lipinski definition) is 1. The van der Waals surface area contributed by atoms with Crippen LogP contribution in [0.2, 0.25) is 0 Å². The van der Waals surface area contributed by atoms with E-state index in [4.69, 9.17) is 9.97 Å². The van der Waals surface area contributed by atoms with Crippen molar-refractivity contribution in [1.29, 1.82) is 0 Å². The second kappa shape index (κ2) is 6.88. The van der Waals surface area contributed by atoms with E-state index in [-0.39, 0.29) is 0 Å². The van der Waals surface area contributed by atoms with Crippen LogP contribution in [-0.4, -0.2) is 16.5 Å². The van der Waals surface area contributed by atoms with E-state index >= 15 is 0 Å². The van der Waals surface area contributed by atoms with Crippen LogP contribution in [0.15, 0.2) is 4.47 Å². The van der Waals surface area contributed by atoms with Crippen molar-refractivity contribution in [3.8, 4) is 0 Å². The highest BCUT2D eigenvalue weighted by Crippen LogP contribution is 2.37. The molecule has 1 aromatic heterocycles. The van der Waals surface area contributed by atoms with Gasteiger partial charge in [0.15, 0.2) is 0 Å². The maximum Gasteiger partial charge on any atom is 0.144 e. The van der Waals surface area contributed by atoms with Crippen molar-refractivity contribution >= 4 is 21.7 Å². The maximum atomic E-state index is 4.87. The predicted octanol–water partition coefficient (Wildman–Crippen LogP) is 5.09. The number of hydrogen-bond acceptors (Lipinski definition) is 3. The summed E-state index contributed by atoms with van der Waals surface area (Å²) in [7, 11) is 0. The molecule has 20 heavy (non-hydrogen) atoms. The summed E-state index contributed by atoms with van der Waals surface area (Å²) in [6, 6.07) is 0. The molecule has 4 heteroatoms. The van der Waals surface area contributed by atoms with Gasteiger partial charge < -0.3 is 5.32 Å². The van der Waals surface area contributed by atoms with Crippen molar-refractivity contribution in [3.63, 3.8) is 0 Å². The second-order valence-electron chi connectivity index (χ2n) is 6.27. The van der Waals surface area contributed by atoms with E-state index in [0.29, 0.717) is 11.8 Å².